The third-order valence-corrected chi connectivity index (χ3v) is 4.41. The van der Waals surface area contributed by atoms with Gasteiger partial charge in [0.15, 0.2) is 12.4 Å². The largest absolute Gasteiger partial charge is 0.451 e. The quantitative estimate of drug-likeness (QED) is 0.414. The molecule has 8 nitrogen and oxygen atoms in total. The molecule has 0 aliphatic carbocycles. The number of aryl methyl sites for hydroxylation is 2. The van der Waals surface area contributed by atoms with Crippen LogP contribution in [0.15, 0.2) is 22.2 Å². The molecular weight excluding hydrogens is 372 g/mol. The molecule has 1 N–H and O–H groups in total. The van der Waals surface area contributed by atoms with E-state index in [0.29, 0.717) is 11.7 Å². The summed E-state index contributed by atoms with van der Waals surface area (Å²) in [6, 6.07) is 5.32. The SMILES string of the molecule is Cc1cc(NC(=O)COC(=O)/C(C#N)=C\c2cc(C)n(CCC(C)C)c2C)no1. The predicted octanol–water partition coefficient (Wildman–Crippen LogP) is 3.54. The van der Waals surface area contributed by atoms with Crippen LogP contribution in [-0.2, 0) is 20.9 Å². The molecule has 0 unspecified atom stereocenters. The Morgan fingerprint density at radius 2 is 2.07 bits per heavy atom. The van der Waals surface area contributed by atoms with E-state index < -0.39 is 18.5 Å². The van der Waals surface area contributed by atoms with Crippen molar-refractivity contribution in [1.29, 1.82) is 5.26 Å². The molecule has 2 aromatic rings. The summed E-state index contributed by atoms with van der Waals surface area (Å²) in [5.74, 6) is -0.0830. The van der Waals surface area contributed by atoms with Crippen LogP contribution < -0.4 is 5.32 Å². The molecule has 29 heavy (non-hydrogen) atoms. The van der Waals surface area contributed by atoms with Gasteiger partial charge in [0.05, 0.1) is 0 Å². The molecule has 0 aromatic carbocycles. The summed E-state index contributed by atoms with van der Waals surface area (Å²) in [6.45, 7) is 10.3. The van der Waals surface area contributed by atoms with Gasteiger partial charge < -0.3 is 19.1 Å². The maximum atomic E-state index is 12.2. The Kier molecular flexibility index (Phi) is 7.37. The average Bonchev–Trinajstić information content (AvgIpc) is 3.18. The molecule has 154 valence electrons. The van der Waals surface area contributed by atoms with Crippen molar-refractivity contribution >= 4 is 23.8 Å². The van der Waals surface area contributed by atoms with Crippen LogP contribution in [0.5, 0.6) is 0 Å². The van der Waals surface area contributed by atoms with Gasteiger partial charge in [0.2, 0.25) is 0 Å². The number of hydrogen-bond donors (Lipinski definition) is 1. The van der Waals surface area contributed by atoms with Gasteiger partial charge in [0.1, 0.15) is 17.4 Å². The van der Waals surface area contributed by atoms with Crippen molar-refractivity contribution in [2.45, 2.75) is 47.6 Å². The van der Waals surface area contributed by atoms with Gasteiger partial charge in [0.25, 0.3) is 5.91 Å². The molecule has 1 amide bonds. The van der Waals surface area contributed by atoms with Crippen molar-refractivity contribution < 1.29 is 18.8 Å². The van der Waals surface area contributed by atoms with E-state index in [2.05, 4.69) is 28.9 Å². The third-order valence-electron chi connectivity index (χ3n) is 4.41. The summed E-state index contributed by atoms with van der Waals surface area (Å²) >= 11 is 0. The number of carbonyl (C=O) groups is 2. The van der Waals surface area contributed by atoms with Crippen LogP contribution in [0.3, 0.4) is 0 Å². The highest BCUT2D eigenvalue weighted by Gasteiger charge is 2.16. The monoisotopic (exact) mass is 398 g/mol. The average molecular weight is 398 g/mol. The van der Waals surface area contributed by atoms with Crippen molar-refractivity contribution in [3.8, 4) is 6.07 Å². The lowest BCUT2D eigenvalue weighted by Crippen LogP contribution is -2.21. The van der Waals surface area contributed by atoms with Crippen molar-refractivity contribution in [1.82, 2.24) is 9.72 Å². The standard InChI is InChI=1S/C21H26N4O4/c1-13(2)6-7-25-14(3)8-17(16(25)5)10-18(11-22)21(27)28-12-20(26)23-19-9-15(4)29-24-19/h8-10,13H,6-7,12H2,1-5H3,(H,23,24,26)/b18-10-. The van der Waals surface area contributed by atoms with Gasteiger partial charge >= 0.3 is 5.97 Å². The van der Waals surface area contributed by atoms with Crippen LogP contribution in [-0.4, -0.2) is 28.2 Å². The van der Waals surface area contributed by atoms with E-state index in [0.717, 1.165) is 29.9 Å². The number of anilines is 1. The van der Waals surface area contributed by atoms with E-state index in [-0.39, 0.29) is 11.4 Å². The lowest BCUT2D eigenvalue weighted by atomic mass is 10.1. The van der Waals surface area contributed by atoms with Crippen LogP contribution in [0.25, 0.3) is 6.08 Å². The lowest BCUT2D eigenvalue weighted by Gasteiger charge is -2.11. The first kappa shape index (κ1) is 22.0. The summed E-state index contributed by atoms with van der Waals surface area (Å²) < 4.78 is 12.0. The fourth-order valence-corrected chi connectivity index (χ4v) is 2.81. The van der Waals surface area contributed by atoms with E-state index in [1.165, 1.54) is 12.1 Å². The summed E-state index contributed by atoms with van der Waals surface area (Å²) in [4.78, 5) is 24.1. The fraction of sp³-hybridized carbons (Fsp3) is 0.429. The zero-order valence-electron chi connectivity index (χ0n) is 17.4. The van der Waals surface area contributed by atoms with Gasteiger partial charge in [-0.2, -0.15) is 5.26 Å². The Hall–Kier alpha value is -3.34. The third kappa shape index (κ3) is 6.07. The number of nitrogens with one attached hydrogen (secondary N) is 1. The van der Waals surface area contributed by atoms with Crippen molar-refractivity contribution in [2.24, 2.45) is 5.92 Å². The van der Waals surface area contributed by atoms with Crippen LogP contribution in [0.2, 0.25) is 0 Å². The zero-order valence-corrected chi connectivity index (χ0v) is 17.4. The normalized spacial score (nSPS) is 11.4. The predicted molar refractivity (Wildman–Crippen MR) is 108 cm³/mol. The second-order valence-corrected chi connectivity index (χ2v) is 7.28. The van der Waals surface area contributed by atoms with Gasteiger partial charge in [0, 0.05) is 24.0 Å². The van der Waals surface area contributed by atoms with E-state index in [4.69, 9.17) is 9.26 Å². The number of nitriles is 1. The molecule has 2 heterocycles. The minimum atomic E-state index is -0.856. The molecule has 0 aliphatic rings. The highest BCUT2D eigenvalue weighted by molar-refractivity contribution is 6.00. The Morgan fingerprint density at radius 1 is 1.34 bits per heavy atom. The Balaban J connectivity index is 2.03. The smallest absolute Gasteiger partial charge is 0.349 e. The first-order valence-corrected chi connectivity index (χ1v) is 9.40. The molecule has 0 saturated carbocycles. The zero-order chi connectivity index (χ0) is 21.6. The molecule has 2 aromatic heterocycles. The highest BCUT2D eigenvalue weighted by atomic mass is 16.5. The fourth-order valence-electron chi connectivity index (χ4n) is 2.81. The van der Waals surface area contributed by atoms with Crippen molar-refractivity contribution in [3.63, 3.8) is 0 Å². The van der Waals surface area contributed by atoms with Crippen LogP contribution in [0.1, 0.15) is 43.0 Å². The Labute approximate surface area is 170 Å². The first-order chi connectivity index (χ1) is 13.7. The molecule has 0 spiro atoms. The van der Waals surface area contributed by atoms with Crippen molar-refractivity contribution in [3.05, 3.63) is 40.4 Å². The van der Waals surface area contributed by atoms with Gasteiger partial charge in [-0.3, -0.25) is 4.79 Å². The number of hydrogen-bond acceptors (Lipinski definition) is 6. The summed E-state index contributed by atoms with van der Waals surface area (Å²) in [5.41, 5.74) is 2.65. The van der Waals surface area contributed by atoms with E-state index >= 15 is 0 Å². The molecule has 0 fully saturated rings. The molecule has 0 bridgehead atoms. The Morgan fingerprint density at radius 3 is 2.66 bits per heavy atom. The highest BCUT2D eigenvalue weighted by Crippen LogP contribution is 2.20. The molecule has 0 radical (unpaired) electrons. The van der Waals surface area contributed by atoms with Gasteiger partial charge in [-0.15, -0.1) is 0 Å². The van der Waals surface area contributed by atoms with E-state index in [1.807, 2.05) is 26.0 Å². The van der Waals surface area contributed by atoms with Gasteiger partial charge in [-0.05, 0) is 50.8 Å². The molecular formula is C21H26N4O4. The van der Waals surface area contributed by atoms with Crippen LogP contribution in [0, 0.1) is 38.0 Å². The summed E-state index contributed by atoms with van der Waals surface area (Å²) in [5, 5.41) is 15.4. The molecule has 2 rings (SSSR count). The first-order valence-electron chi connectivity index (χ1n) is 9.40. The number of amides is 1. The molecule has 0 atom stereocenters. The number of esters is 1. The Bertz CT molecular complexity index is 960. The number of ether oxygens (including phenoxy) is 1. The topological polar surface area (TPSA) is 110 Å². The van der Waals surface area contributed by atoms with E-state index in [1.54, 1.807) is 6.92 Å². The van der Waals surface area contributed by atoms with Crippen molar-refractivity contribution in [2.75, 3.05) is 11.9 Å². The number of aromatic nitrogens is 2. The second-order valence-electron chi connectivity index (χ2n) is 7.28. The molecule has 8 heteroatoms. The minimum Gasteiger partial charge on any atom is -0.451 e. The molecule has 0 saturated heterocycles. The summed E-state index contributed by atoms with van der Waals surface area (Å²) in [6.07, 6.45) is 2.53. The van der Waals surface area contributed by atoms with Gasteiger partial charge in [-0.1, -0.05) is 19.0 Å². The molecule has 0 aliphatic heterocycles. The van der Waals surface area contributed by atoms with Crippen LogP contribution in [0.4, 0.5) is 5.82 Å². The second kappa shape index (κ2) is 9.73. The number of nitrogens with zero attached hydrogens (tertiary/aromatic N) is 3. The van der Waals surface area contributed by atoms with Gasteiger partial charge in [-0.25, -0.2) is 4.79 Å². The summed E-state index contributed by atoms with van der Waals surface area (Å²) in [7, 11) is 0. The number of rotatable bonds is 8. The van der Waals surface area contributed by atoms with E-state index in [9.17, 15) is 14.9 Å². The van der Waals surface area contributed by atoms with Crippen LogP contribution >= 0.6 is 0 Å². The maximum absolute atomic E-state index is 12.2. The maximum Gasteiger partial charge on any atom is 0.349 e. The minimum absolute atomic E-state index is 0.167. The lowest BCUT2D eigenvalue weighted by molar-refractivity contribution is -0.142. The number of carbonyl (C=O) groups excluding carboxylic acids is 2.